The van der Waals surface area contributed by atoms with Gasteiger partial charge >= 0.3 is 0 Å². The molecule has 1 heterocycles. The van der Waals surface area contributed by atoms with Gasteiger partial charge in [-0.25, -0.2) is 0 Å². The smallest absolute Gasteiger partial charge is 0.254 e. The van der Waals surface area contributed by atoms with Crippen molar-refractivity contribution in [2.45, 2.75) is 33.8 Å². The standard InChI is InChI=1S/C17H25N3O3.ClH/c1-11-5-6-12(19-16(22)17(2,3)4)9-13(11)20-15(21)14-10-18-7-8-23-14;/h5-6,9,14,18H,7-8,10H2,1-4H3,(H,19,22)(H,20,21);1H. The molecule has 1 saturated heterocycles. The Morgan fingerprint density at radius 1 is 1.25 bits per heavy atom. The van der Waals surface area contributed by atoms with Gasteiger partial charge in [-0.3, -0.25) is 9.59 Å². The van der Waals surface area contributed by atoms with Crippen LogP contribution in [0.2, 0.25) is 0 Å². The van der Waals surface area contributed by atoms with E-state index >= 15 is 0 Å². The highest BCUT2D eigenvalue weighted by Gasteiger charge is 2.23. The first-order valence-corrected chi connectivity index (χ1v) is 7.82. The Balaban J connectivity index is 0.00000288. The fraction of sp³-hybridized carbons (Fsp3) is 0.529. The molecule has 24 heavy (non-hydrogen) atoms. The van der Waals surface area contributed by atoms with Gasteiger partial charge < -0.3 is 20.7 Å². The summed E-state index contributed by atoms with van der Waals surface area (Å²) in [5, 5.41) is 8.87. The molecule has 0 radical (unpaired) electrons. The minimum Gasteiger partial charge on any atom is -0.366 e. The van der Waals surface area contributed by atoms with Gasteiger partial charge in [0.05, 0.1) is 6.61 Å². The molecule has 0 saturated carbocycles. The van der Waals surface area contributed by atoms with Gasteiger partial charge in [-0.05, 0) is 24.6 Å². The van der Waals surface area contributed by atoms with Crippen molar-refractivity contribution in [2.75, 3.05) is 30.3 Å². The van der Waals surface area contributed by atoms with Gasteiger partial charge in [-0.2, -0.15) is 0 Å². The number of hydrogen-bond donors (Lipinski definition) is 3. The molecule has 1 unspecified atom stereocenters. The summed E-state index contributed by atoms with van der Waals surface area (Å²) in [5.74, 6) is -0.252. The maximum Gasteiger partial charge on any atom is 0.254 e. The van der Waals surface area contributed by atoms with Crippen molar-refractivity contribution in [1.82, 2.24) is 5.32 Å². The van der Waals surface area contributed by atoms with Gasteiger partial charge in [0.25, 0.3) is 5.91 Å². The monoisotopic (exact) mass is 355 g/mol. The highest BCUT2D eigenvalue weighted by atomic mass is 35.5. The van der Waals surface area contributed by atoms with Gasteiger partial charge in [0, 0.05) is 29.9 Å². The first kappa shape index (κ1) is 20.4. The highest BCUT2D eigenvalue weighted by Crippen LogP contribution is 2.23. The van der Waals surface area contributed by atoms with Crippen LogP contribution in [0.1, 0.15) is 26.3 Å². The van der Waals surface area contributed by atoms with Crippen LogP contribution in [0.25, 0.3) is 0 Å². The molecule has 0 aromatic heterocycles. The van der Waals surface area contributed by atoms with E-state index in [1.165, 1.54) is 0 Å². The summed E-state index contributed by atoms with van der Waals surface area (Å²) in [5.41, 5.74) is 1.79. The molecule has 1 atom stereocenters. The third-order valence-electron chi connectivity index (χ3n) is 3.65. The predicted octanol–water partition coefficient (Wildman–Crippen LogP) is 2.33. The second-order valence-corrected chi connectivity index (χ2v) is 6.79. The van der Waals surface area contributed by atoms with E-state index < -0.39 is 11.5 Å². The quantitative estimate of drug-likeness (QED) is 0.777. The van der Waals surface area contributed by atoms with Gasteiger partial charge in [0.2, 0.25) is 5.91 Å². The second kappa shape index (κ2) is 8.46. The predicted molar refractivity (Wildman–Crippen MR) is 97.8 cm³/mol. The van der Waals surface area contributed by atoms with Crippen molar-refractivity contribution in [3.63, 3.8) is 0 Å². The van der Waals surface area contributed by atoms with Gasteiger partial charge in [-0.15, -0.1) is 12.4 Å². The van der Waals surface area contributed by atoms with Crippen LogP contribution >= 0.6 is 12.4 Å². The van der Waals surface area contributed by atoms with E-state index in [1.807, 2.05) is 39.8 Å². The minimum atomic E-state index is -0.490. The first-order valence-electron chi connectivity index (χ1n) is 7.82. The number of anilines is 2. The van der Waals surface area contributed by atoms with Crippen molar-refractivity contribution >= 4 is 35.6 Å². The van der Waals surface area contributed by atoms with E-state index in [1.54, 1.807) is 6.07 Å². The first-order chi connectivity index (χ1) is 10.8. The average Bonchev–Trinajstić information content (AvgIpc) is 2.50. The summed E-state index contributed by atoms with van der Waals surface area (Å²) in [7, 11) is 0. The van der Waals surface area contributed by atoms with Crippen LogP contribution in [-0.2, 0) is 14.3 Å². The number of hydrogen-bond acceptors (Lipinski definition) is 4. The lowest BCUT2D eigenvalue weighted by Crippen LogP contribution is -2.45. The fourth-order valence-corrected chi connectivity index (χ4v) is 2.10. The Bertz CT molecular complexity index is 593. The van der Waals surface area contributed by atoms with E-state index in [0.29, 0.717) is 24.5 Å². The number of morpholine rings is 1. The minimum absolute atomic E-state index is 0. The highest BCUT2D eigenvalue weighted by molar-refractivity contribution is 5.98. The SMILES string of the molecule is Cc1ccc(NC(=O)C(C)(C)C)cc1NC(=O)C1CNCCO1.Cl. The molecular formula is C17H26ClN3O3. The third-order valence-corrected chi connectivity index (χ3v) is 3.65. The Morgan fingerprint density at radius 2 is 1.96 bits per heavy atom. The molecule has 0 aliphatic carbocycles. The largest absolute Gasteiger partial charge is 0.366 e. The number of nitrogens with one attached hydrogen (secondary N) is 3. The number of carbonyl (C=O) groups excluding carboxylic acids is 2. The molecule has 1 aliphatic heterocycles. The lowest BCUT2D eigenvalue weighted by atomic mass is 9.95. The Labute approximate surface area is 149 Å². The molecule has 134 valence electrons. The van der Waals surface area contributed by atoms with Crippen LogP contribution in [0.3, 0.4) is 0 Å². The zero-order chi connectivity index (χ0) is 17.0. The topological polar surface area (TPSA) is 79.5 Å². The lowest BCUT2D eigenvalue weighted by molar-refractivity contribution is -0.128. The van der Waals surface area contributed by atoms with E-state index in [-0.39, 0.29) is 24.2 Å². The number of aryl methyl sites for hydroxylation is 1. The van der Waals surface area contributed by atoms with Crippen molar-refractivity contribution in [1.29, 1.82) is 0 Å². The van der Waals surface area contributed by atoms with Gasteiger partial charge in [0.15, 0.2) is 0 Å². The summed E-state index contributed by atoms with van der Waals surface area (Å²) in [6.45, 7) is 9.26. The number of amides is 2. The number of rotatable bonds is 3. The van der Waals surface area contributed by atoms with Crippen molar-refractivity contribution in [3.8, 4) is 0 Å². The van der Waals surface area contributed by atoms with Gasteiger partial charge in [0.1, 0.15) is 6.10 Å². The molecule has 2 amide bonds. The summed E-state index contributed by atoms with van der Waals surface area (Å²) in [4.78, 5) is 24.3. The number of ether oxygens (including phenoxy) is 1. The molecule has 1 aliphatic rings. The van der Waals surface area contributed by atoms with Crippen LogP contribution in [-0.4, -0.2) is 37.6 Å². The third kappa shape index (κ3) is 5.47. The van der Waals surface area contributed by atoms with Crippen LogP contribution in [0.5, 0.6) is 0 Å². The van der Waals surface area contributed by atoms with Crippen molar-refractivity contribution in [3.05, 3.63) is 23.8 Å². The normalized spacial score (nSPS) is 17.6. The van der Waals surface area contributed by atoms with E-state index in [0.717, 1.165) is 12.1 Å². The van der Waals surface area contributed by atoms with Crippen LogP contribution in [0, 0.1) is 12.3 Å². The zero-order valence-corrected chi connectivity index (χ0v) is 15.4. The molecular weight excluding hydrogens is 330 g/mol. The fourth-order valence-electron chi connectivity index (χ4n) is 2.10. The Morgan fingerprint density at radius 3 is 2.54 bits per heavy atom. The molecule has 1 aromatic carbocycles. The van der Waals surface area contributed by atoms with Crippen LogP contribution < -0.4 is 16.0 Å². The van der Waals surface area contributed by atoms with E-state index in [9.17, 15) is 9.59 Å². The maximum atomic E-state index is 12.2. The number of benzene rings is 1. The summed E-state index contributed by atoms with van der Waals surface area (Å²) < 4.78 is 5.45. The Kier molecular flexibility index (Phi) is 7.20. The van der Waals surface area contributed by atoms with Gasteiger partial charge in [-0.1, -0.05) is 26.8 Å². The summed E-state index contributed by atoms with van der Waals surface area (Å²) in [6.07, 6.45) is -0.490. The summed E-state index contributed by atoms with van der Waals surface area (Å²) in [6, 6.07) is 5.47. The van der Waals surface area contributed by atoms with Crippen LogP contribution in [0.15, 0.2) is 18.2 Å². The number of carbonyl (C=O) groups is 2. The molecule has 3 N–H and O–H groups in total. The number of halogens is 1. The van der Waals surface area contributed by atoms with Crippen LogP contribution in [0.4, 0.5) is 11.4 Å². The average molecular weight is 356 g/mol. The zero-order valence-electron chi connectivity index (χ0n) is 14.6. The molecule has 6 nitrogen and oxygen atoms in total. The molecule has 1 fully saturated rings. The second-order valence-electron chi connectivity index (χ2n) is 6.79. The summed E-state index contributed by atoms with van der Waals surface area (Å²) >= 11 is 0. The van der Waals surface area contributed by atoms with Crippen molar-refractivity contribution in [2.24, 2.45) is 5.41 Å². The van der Waals surface area contributed by atoms with Crippen molar-refractivity contribution < 1.29 is 14.3 Å². The molecule has 0 spiro atoms. The molecule has 2 rings (SSSR count). The maximum absolute atomic E-state index is 12.2. The molecule has 7 heteroatoms. The lowest BCUT2D eigenvalue weighted by Gasteiger charge is -2.23. The Hall–Kier alpha value is -1.63. The molecule has 1 aromatic rings. The van der Waals surface area contributed by atoms with E-state index in [2.05, 4.69) is 16.0 Å². The van der Waals surface area contributed by atoms with E-state index in [4.69, 9.17) is 4.74 Å². The molecule has 0 bridgehead atoms.